The Kier molecular flexibility index (Phi) is 5.35. The van der Waals surface area contributed by atoms with E-state index >= 15 is 0 Å². The van der Waals surface area contributed by atoms with Gasteiger partial charge in [-0.25, -0.2) is 9.59 Å². The van der Waals surface area contributed by atoms with E-state index in [-0.39, 0.29) is 5.56 Å². The summed E-state index contributed by atoms with van der Waals surface area (Å²) in [7, 11) is 0. The van der Waals surface area contributed by atoms with Gasteiger partial charge in [0, 0.05) is 12.4 Å². The van der Waals surface area contributed by atoms with Crippen molar-refractivity contribution in [2.45, 2.75) is 18.9 Å². The van der Waals surface area contributed by atoms with Gasteiger partial charge in [0.25, 0.3) is 11.8 Å². The Morgan fingerprint density at radius 1 is 1.18 bits per heavy atom. The van der Waals surface area contributed by atoms with Gasteiger partial charge in [-0.1, -0.05) is 37.3 Å². The lowest BCUT2D eigenvalue weighted by Crippen LogP contribution is -2.49. The highest BCUT2D eigenvalue weighted by atomic mass is 16.5. The van der Waals surface area contributed by atoms with Crippen LogP contribution in [0.3, 0.4) is 0 Å². The minimum Gasteiger partial charge on any atom is -0.452 e. The van der Waals surface area contributed by atoms with E-state index in [0.717, 1.165) is 0 Å². The summed E-state index contributed by atoms with van der Waals surface area (Å²) in [5.41, 5.74) is 1.71. The van der Waals surface area contributed by atoms with Gasteiger partial charge in [-0.3, -0.25) is 20.0 Å². The summed E-state index contributed by atoms with van der Waals surface area (Å²) in [4.78, 5) is 52.9. The Balaban J connectivity index is 1.65. The van der Waals surface area contributed by atoms with Crippen LogP contribution in [0.15, 0.2) is 54.9 Å². The van der Waals surface area contributed by atoms with Crippen molar-refractivity contribution in [3.63, 3.8) is 0 Å². The number of benzene rings is 1. The predicted molar refractivity (Wildman–Crippen MR) is 96.5 cm³/mol. The zero-order valence-electron chi connectivity index (χ0n) is 15.0. The standard InChI is InChI=1S/C19H18N4O5/c1-2-19(14-8-4-3-5-9-14)17(26)23(18(27)21-19)22-15(24)12-28-16(25)13-7-6-10-20-11-13/h3-11H,2,12H2,1H3,(H,21,27)(H,22,24)/t19-/m1/s1. The van der Waals surface area contributed by atoms with Gasteiger partial charge in [-0.15, -0.1) is 0 Å². The number of urea groups is 1. The summed E-state index contributed by atoms with van der Waals surface area (Å²) >= 11 is 0. The molecule has 1 atom stereocenters. The van der Waals surface area contributed by atoms with Gasteiger partial charge in [0.05, 0.1) is 5.56 Å². The van der Waals surface area contributed by atoms with Crippen molar-refractivity contribution in [1.29, 1.82) is 0 Å². The molecule has 4 amide bonds. The lowest BCUT2D eigenvalue weighted by molar-refractivity contribution is -0.140. The molecule has 0 bridgehead atoms. The summed E-state index contributed by atoms with van der Waals surface area (Å²) in [6.45, 7) is 1.10. The minimum absolute atomic E-state index is 0.180. The Hall–Kier alpha value is -3.75. The third kappa shape index (κ3) is 3.54. The number of esters is 1. The van der Waals surface area contributed by atoms with Crippen molar-refractivity contribution in [2.24, 2.45) is 0 Å². The molecule has 0 saturated carbocycles. The number of nitrogens with zero attached hydrogens (tertiary/aromatic N) is 2. The number of pyridine rings is 1. The van der Waals surface area contributed by atoms with Crippen LogP contribution in [0.2, 0.25) is 0 Å². The highest BCUT2D eigenvalue weighted by Crippen LogP contribution is 2.31. The fourth-order valence-electron chi connectivity index (χ4n) is 2.89. The second kappa shape index (κ2) is 7.87. The van der Waals surface area contributed by atoms with Crippen LogP contribution in [0.1, 0.15) is 29.3 Å². The SMILES string of the molecule is CC[C@]1(c2ccccc2)NC(=O)N(NC(=O)COC(=O)c2cccnc2)C1=O. The molecule has 0 unspecified atom stereocenters. The molecular weight excluding hydrogens is 364 g/mol. The molecule has 2 heterocycles. The van der Waals surface area contributed by atoms with E-state index < -0.39 is 36.0 Å². The number of carbonyl (C=O) groups excluding carboxylic acids is 4. The second-order valence-corrected chi connectivity index (χ2v) is 6.05. The first kappa shape index (κ1) is 19.0. The Morgan fingerprint density at radius 3 is 2.57 bits per heavy atom. The smallest absolute Gasteiger partial charge is 0.344 e. The lowest BCUT2D eigenvalue weighted by atomic mass is 9.87. The van der Waals surface area contributed by atoms with E-state index in [1.165, 1.54) is 18.5 Å². The second-order valence-electron chi connectivity index (χ2n) is 6.05. The maximum absolute atomic E-state index is 12.9. The van der Waals surface area contributed by atoms with E-state index in [1.807, 2.05) is 0 Å². The first-order valence-electron chi connectivity index (χ1n) is 8.57. The number of amides is 4. The molecular formula is C19H18N4O5. The molecule has 1 saturated heterocycles. The minimum atomic E-state index is -1.27. The molecule has 1 fully saturated rings. The number of hydrogen-bond acceptors (Lipinski definition) is 6. The fourth-order valence-corrected chi connectivity index (χ4v) is 2.89. The molecule has 1 aromatic carbocycles. The zero-order valence-corrected chi connectivity index (χ0v) is 15.0. The van der Waals surface area contributed by atoms with Gasteiger partial charge < -0.3 is 10.1 Å². The third-order valence-electron chi connectivity index (χ3n) is 4.36. The highest BCUT2D eigenvalue weighted by Gasteiger charge is 2.52. The van der Waals surface area contributed by atoms with E-state index in [2.05, 4.69) is 15.7 Å². The normalized spacial score (nSPS) is 18.5. The maximum atomic E-state index is 12.9. The van der Waals surface area contributed by atoms with Gasteiger partial charge >= 0.3 is 12.0 Å². The molecule has 0 spiro atoms. The van der Waals surface area contributed by atoms with Crippen LogP contribution in [0.25, 0.3) is 0 Å². The maximum Gasteiger partial charge on any atom is 0.344 e. The van der Waals surface area contributed by atoms with E-state index in [1.54, 1.807) is 43.3 Å². The third-order valence-corrected chi connectivity index (χ3v) is 4.36. The fraction of sp³-hybridized carbons (Fsp3) is 0.211. The van der Waals surface area contributed by atoms with Gasteiger partial charge in [-0.05, 0) is 24.1 Å². The summed E-state index contributed by atoms with van der Waals surface area (Å²) < 4.78 is 4.87. The average Bonchev–Trinajstić information content (AvgIpc) is 2.98. The molecule has 0 radical (unpaired) electrons. The molecule has 2 N–H and O–H groups in total. The topological polar surface area (TPSA) is 118 Å². The van der Waals surface area contributed by atoms with Crippen molar-refractivity contribution in [2.75, 3.05) is 6.61 Å². The molecule has 2 aromatic rings. The summed E-state index contributed by atoms with van der Waals surface area (Å²) in [5, 5.41) is 3.24. The van der Waals surface area contributed by atoms with Crippen LogP contribution in [0, 0.1) is 0 Å². The van der Waals surface area contributed by atoms with Gasteiger partial charge in [0.1, 0.15) is 5.54 Å². The van der Waals surface area contributed by atoms with Crippen LogP contribution < -0.4 is 10.7 Å². The first-order valence-corrected chi connectivity index (χ1v) is 8.57. The number of nitrogens with one attached hydrogen (secondary N) is 2. The van der Waals surface area contributed by atoms with Crippen molar-refractivity contribution >= 4 is 23.8 Å². The Morgan fingerprint density at radius 2 is 1.93 bits per heavy atom. The molecule has 9 nitrogen and oxygen atoms in total. The Bertz CT molecular complexity index is 903. The molecule has 0 aliphatic carbocycles. The van der Waals surface area contributed by atoms with Crippen LogP contribution in [-0.2, 0) is 19.9 Å². The number of imide groups is 1. The number of hydrazine groups is 1. The number of ether oxygens (including phenoxy) is 1. The summed E-state index contributed by atoms with van der Waals surface area (Å²) in [5.74, 6) is -2.17. The quantitative estimate of drug-likeness (QED) is 0.571. The molecule has 1 aliphatic heterocycles. The number of aromatic nitrogens is 1. The van der Waals surface area contributed by atoms with Crippen molar-refractivity contribution in [3.8, 4) is 0 Å². The van der Waals surface area contributed by atoms with Crippen LogP contribution >= 0.6 is 0 Å². The number of rotatable bonds is 6. The zero-order chi connectivity index (χ0) is 20.1. The summed E-state index contributed by atoms with van der Waals surface area (Å²) in [6.07, 6.45) is 3.09. The predicted octanol–water partition coefficient (Wildman–Crippen LogP) is 1.13. The molecule has 1 aliphatic rings. The van der Waals surface area contributed by atoms with Crippen LogP contribution in [0.4, 0.5) is 4.79 Å². The van der Waals surface area contributed by atoms with Gasteiger partial charge in [0.2, 0.25) is 0 Å². The van der Waals surface area contributed by atoms with Crippen molar-refractivity contribution < 1.29 is 23.9 Å². The van der Waals surface area contributed by atoms with E-state index in [4.69, 9.17) is 4.74 Å². The highest BCUT2D eigenvalue weighted by molar-refractivity contribution is 6.08. The first-order chi connectivity index (χ1) is 13.5. The number of hydrogen-bond donors (Lipinski definition) is 2. The average molecular weight is 382 g/mol. The molecule has 9 heteroatoms. The van der Waals surface area contributed by atoms with Crippen molar-refractivity contribution in [3.05, 3.63) is 66.0 Å². The van der Waals surface area contributed by atoms with Crippen LogP contribution in [-0.4, -0.2) is 40.4 Å². The lowest BCUT2D eigenvalue weighted by Gasteiger charge is -2.25. The van der Waals surface area contributed by atoms with Crippen molar-refractivity contribution in [1.82, 2.24) is 20.7 Å². The summed E-state index contributed by atoms with van der Waals surface area (Å²) in [6, 6.07) is 11.0. The van der Waals surface area contributed by atoms with Crippen LogP contribution in [0.5, 0.6) is 0 Å². The van der Waals surface area contributed by atoms with E-state index in [9.17, 15) is 19.2 Å². The van der Waals surface area contributed by atoms with Gasteiger partial charge in [-0.2, -0.15) is 5.01 Å². The largest absolute Gasteiger partial charge is 0.452 e. The van der Waals surface area contributed by atoms with E-state index in [0.29, 0.717) is 17.0 Å². The molecule has 144 valence electrons. The molecule has 28 heavy (non-hydrogen) atoms. The molecule has 1 aromatic heterocycles. The van der Waals surface area contributed by atoms with Gasteiger partial charge in [0.15, 0.2) is 6.61 Å². The number of carbonyl (C=O) groups is 4. The Labute approximate surface area is 160 Å². The monoisotopic (exact) mass is 382 g/mol. The molecule has 3 rings (SSSR count).